The summed E-state index contributed by atoms with van der Waals surface area (Å²) in [6.07, 6.45) is 2.44. The molecule has 0 unspecified atom stereocenters. The van der Waals surface area contributed by atoms with E-state index in [1.165, 1.54) is 0 Å². The van der Waals surface area contributed by atoms with Gasteiger partial charge in [-0.15, -0.1) is 0 Å². The first kappa shape index (κ1) is 14.5. The molecule has 2 atom stereocenters. The maximum absolute atomic E-state index is 12.0. The Kier molecular flexibility index (Phi) is 4.74. The summed E-state index contributed by atoms with van der Waals surface area (Å²) in [6.45, 7) is 0.999. The van der Waals surface area contributed by atoms with Crippen LogP contribution in [0.5, 0.6) is 0 Å². The topological polar surface area (TPSA) is 69.6 Å². The minimum absolute atomic E-state index is 0.208. The Bertz CT molecular complexity index is 475. The lowest BCUT2D eigenvalue weighted by atomic mass is 10.1. The Morgan fingerprint density at radius 3 is 2.65 bits per heavy atom. The number of likely N-dealkylation sites (tertiary alicyclic amines) is 1. The van der Waals surface area contributed by atoms with Crippen LogP contribution in [0.15, 0.2) is 30.3 Å². The average Bonchev–Trinajstić information content (AvgIpc) is 2.82. The third-order valence-electron chi connectivity index (χ3n) is 3.78. The van der Waals surface area contributed by atoms with Crippen LogP contribution >= 0.6 is 0 Å². The fraction of sp³-hybridized carbons (Fsp3) is 0.467. The van der Waals surface area contributed by atoms with E-state index in [4.69, 9.17) is 0 Å². The molecule has 1 aromatic carbocycles. The molecular formula is C15H20N2O3. The number of nitrogens with one attached hydrogen (secondary N) is 1. The van der Waals surface area contributed by atoms with Gasteiger partial charge in [-0.3, -0.25) is 4.79 Å². The van der Waals surface area contributed by atoms with E-state index < -0.39 is 12.0 Å². The van der Waals surface area contributed by atoms with Crippen LogP contribution in [0.1, 0.15) is 30.9 Å². The third kappa shape index (κ3) is 3.57. The summed E-state index contributed by atoms with van der Waals surface area (Å²) in [6, 6.07) is 8.01. The number of nitrogens with zero attached hydrogens (tertiary/aromatic N) is 1. The highest BCUT2D eigenvalue weighted by molar-refractivity contribution is 5.84. The van der Waals surface area contributed by atoms with Gasteiger partial charge in [-0.05, 0) is 32.0 Å². The van der Waals surface area contributed by atoms with Gasteiger partial charge < -0.3 is 15.3 Å². The predicted octanol–water partition coefficient (Wildman–Crippen LogP) is 1.41. The van der Waals surface area contributed by atoms with Crippen molar-refractivity contribution in [1.29, 1.82) is 0 Å². The van der Waals surface area contributed by atoms with E-state index in [-0.39, 0.29) is 11.9 Å². The molecule has 0 spiro atoms. The van der Waals surface area contributed by atoms with Gasteiger partial charge in [0, 0.05) is 12.5 Å². The van der Waals surface area contributed by atoms with Crippen LogP contribution in [-0.4, -0.2) is 41.5 Å². The highest BCUT2D eigenvalue weighted by atomic mass is 16.4. The highest BCUT2D eigenvalue weighted by Gasteiger charge is 2.26. The Hall–Kier alpha value is -1.88. The molecule has 20 heavy (non-hydrogen) atoms. The van der Waals surface area contributed by atoms with Crippen molar-refractivity contribution < 1.29 is 14.7 Å². The Morgan fingerprint density at radius 2 is 2.10 bits per heavy atom. The number of rotatable bonds is 5. The molecule has 0 aliphatic carbocycles. The molecule has 108 valence electrons. The van der Waals surface area contributed by atoms with Crippen molar-refractivity contribution in [3.63, 3.8) is 0 Å². The number of hydrogen-bond acceptors (Lipinski definition) is 3. The van der Waals surface area contributed by atoms with E-state index in [0.717, 1.165) is 19.4 Å². The maximum Gasteiger partial charge on any atom is 0.330 e. The van der Waals surface area contributed by atoms with Crippen molar-refractivity contribution in [3.8, 4) is 0 Å². The zero-order valence-electron chi connectivity index (χ0n) is 11.6. The summed E-state index contributed by atoms with van der Waals surface area (Å²) in [5.74, 6) is -1.25. The minimum Gasteiger partial charge on any atom is -0.479 e. The Balaban J connectivity index is 1.98. The summed E-state index contributed by atoms with van der Waals surface area (Å²) >= 11 is 0. The SMILES string of the molecule is CN1CCC[C@H]1CC(=O)N[C@@H](C(=O)O)c1ccccc1. The number of carbonyl (C=O) groups excluding carboxylic acids is 1. The summed E-state index contributed by atoms with van der Waals surface area (Å²) in [5.41, 5.74) is 0.591. The summed E-state index contributed by atoms with van der Waals surface area (Å²) in [4.78, 5) is 25.5. The largest absolute Gasteiger partial charge is 0.479 e. The van der Waals surface area contributed by atoms with Crippen molar-refractivity contribution >= 4 is 11.9 Å². The van der Waals surface area contributed by atoms with Crippen molar-refractivity contribution in [3.05, 3.63) is 35.9 Å². The monoisotopic (exact) mass is 276 g/mol. The molecule has 2 rings (SSSR count). The number of carboxylic acid groups (broad SMARTS) is 1. The molecule has 0 aromatic heterocycles. The molecule has 1 amide bonds. The summed E-state index contributed by atoms with van der Waals surface area (Å²) < 4.78 is 0. The number of hydrogen-bond donors (Lipinski definition) is 2. The zero-order valence-corrected chi connectivity index (χ0v) is 11.6. The number of aliphatic carboxylic acids is 1. The number of amides is 1. The molecule has 5 nitrogen and oxygen atoms in total. The van der Waals surface area contributed by atoms with Gasteiger partial charge >= 0.3 is 5.97 Å². The van der Waals surface area contributed by atoms with E-state index in [1.54, 1.807) is 24.3 Å². The van der Waals surface area contributed by atoms with Crippen LogP contribution in [-0.2, 0) is 9.59 Å². The summed E-state index contributed by atoms with van der Waals surface area (Å²) in [5, 5.41) is 11.9. The van der Waals surface area contributed by atoms with Crippen LogP contribution in [0.25, 0.3) is 0 Å². The molecule has 1 aliphatic heterocycles. The first-order valence-corrected chi connectivity index (χ1v) is 6.85. The lowest BCUT2D eigenvalue weighted by molar-refractivity contribution is -0.142. The molecule has 1 aromatic rings. The van der Waals surface area contributed by atoms with Gasteiger partial charge in [-0.2, -0.15) is 0 Å². The molecule has 1 heterocycles. The molecular weight excluding hydrogens is 256 g/mol. The van der Waals surface area contributed by atoms with E-state index in [9.17, 15) is 14.7 Å². The van der Waals surface area contributed by atoms with Crippen LogP contribution in [0.2, 0.25) is 0 Å². The minimum atomic E-state index is -1.04. The Labute approximate surface area is 118 Å². The quantitative estimate of drug-likeness (QED) is 0.853. The van der Waals surface area contributed by atoms with Crippen LogP contribution in [0.4, 0.5) is 0 Å². The second-order valence-corrected chi connectivity index (χ2v) is 5.23. The second kappa shape index (κ2) is 6.52. The molecule has 0 bridgehead atoms. The Morgan fingerprint density at radius 1 is 1.40 bits per heavy atom. The van der Waals surface area contributed by atoms with Gasteiger partial charge in [0.15, 0.2) is 6.04 Å². The molecule has 0 radical (unpaired) electrons. The second-order valence-electron chi connectivity index (χ2n) is 5.23. The van der Waals surface area contributed by atoms with Crippen LogP contribution in [0.3, 0.4) is 0 Å². The fourth-order valence-electron chi connectivity index (χ4n) is 2.60. The van der Waals surface area contributed by atoms with Gasteiger partial charge in [-0.25, -0.2) is 4.79 Å². The van der Waals surface area contributed by atoms with E-state index in [2.05, 4.69) is 10.2 Å². The standard InChI is InChI=1S/C15H20N2O3/c1-17-9-5-8-12(17)10-13(18)16-14(15(19)20)11-6-3-2-4-7-11/h2-4,6-7,12,14H,5,8-10H2,1H3,(H,16,18)(H,19,20)/t12-,14+/m0/s1. The third-order valence-corrected chi connectivity index (χ3v) is 3.78. The average molecular weight is 276 g/mol. The molecule has 1 aliphatic rings. The van der Waals surface area contributed by atoms with Crippen molar-refractivity contribution in [2.75, 3.05) is 13.6 Å². The number of carboxylic acids is 1. The van der Waals surface area contributed by atoms with Gasteiger partial charge in [0.2, 0.25) is 5.91 Å². The lowest BCUT2D eigenvalue weighted by Crippen LogP contribution is -2.37. The molecule has 2 N–H and O–H groups in total. The zero-order chi connectivity index (χ0) is 14.5. The molecule has 1 fully saturated rings. The lowest BCUT2D eigenvalue weighted by Gasteiger charge is -2.20. The number of benzene rings is 1. The molecule has 0 saturated carbocycles. The van der Waals surface area contributed by atoms with Gasteiger partial charge in [0.25, 0.3) is 0 Å². The predicted molar refractivity (Wildman–Crippen MR) is 75.2 cm³/mol. The van der Waals surface area contributed by atoms with Gasteiger partial charge in [0.05, 0.1) is 0 Å². The van der Waals surface area contributed by atoms with Gasteiger partial charge in [0.1, 0.15) is 0 Å². The first-order valence-electron chi connectivity index (χ1n) is 6.85. The fourth-order valence-corrected chi connectivity index (χ4v) is 2.60. The normalized spacial score (nSPS) is 20.6. The maximum atomic E-state index is 12.0. The molecule has 1 saturated heterocycles. The van der Waals surface area contributed by atoms with Crippen LogP contribution < -0.4 is 5.32 Å². The van der Waals surface area contributed by atoms with Gasteiger partial charge in [-0.1, -0.05) is 30.3 Å². The summed E-state index contributed by atoms with van der Waals surface area (Å²) in [7, 11) is 2.00. The molecule has 5 heteroatoms. The highest BCUT2D eigenvalue weighted by Crippen LogP contribution is 2.19. The number of carbonyl (C=O) groups is 2. The van der Waals surface area contributed by atoms with Crippen molar-refractivity contribution in [1.82, 2.24) is 10.2 Å². The van der Waals surface area contributed by atoms with Crippen molar-refractivity contribution in [2.45, 2.75) is 31.3 Å². The van der Waals surface area contributed by atoms with Crippen molar-refractivity contribution in [2.24, 2.45) is 0 Å². The smallest absolute Gasteiger partial charge is 0.330 e. The van der Waals surface area contributed by atoms with E-state index in [0.29, 0.717) is 12.0 Å². The van der Waals surface area contributed by atoms with Crippen LogP contribution in [0, 0.1) is 0 Å². The van der Waals surface area contributed by atoms with E-state index in [1.807, 2.05) is 13.1 Å². The van der Waals surface area contributed by atoms with E-state index >= 15 is 0 Å². The first-order chi connectivity index (χ1) is 9.58.